The maximum Gasteiger partial charge on any atom is 0.312 e. The van der Waals surface area contributed by atoms with Crippen LogP contribution in [0.25, 0.3) is 10.6 Å². The third-order valence-electron chi connectivity index (χ3n) is 4.21. The van der Waals surface area contributed by atoms with Crippen molar-refractivity contribution >= 4 is 28.9 Å². The lowest BCUT2D eigenvalue weighted by Crippen LogP contribution is -2.30. The quantitative estimate of drug-likeness (QED) is 0.600. The summed E-state index contributed by atoms with van der Waals surface area (Å²) in [5, 5.41) is 5.45. The summed E-state index contributed by atoms with van der Waals surface area (Å²) in [6, 6.07) is 17.4. The molecule has 0 bridgehead atoms. The first-order chi connectivity index (χ1) is 13.5. The molecule has 6 heteroatoms. The van der Waals surface area contributed by atoms with Crippen LogP contribution < -0.4 is 5.32 Å². The van der Waals surface area contributed by atoms with E-state index < -0.39 is 12.1 Å². The number of thiazole rings is 1. The van der Waals surface area contributed by atoms with Gasteiger partial charge in [-0.3, -0.25) is 9.59 Å². The third kappa shape index (κ3) is 5.27. The second-order valence-electron chi connectivity index (χ2n) is 6.36. The number of rotatable bonds is 7. The van der Waals surface area contributed by atoms with Gasteiger partial charge in [-0.15, -0.1) is 11.3 Å². The molecule has 1 atom stereocenters. The van der Waals surface area contributed by atoms with E-state index in [1.54, 1.807) is 6.92 Å². The number of carbonyl (C=O) groups is 2. The molecule has 0 saturated carbocycles. The van der Waals surface area contributed by atoms with Crippen molar-refractivity contribution in [3.63, 3.8) is 0 Å². The summed E-state index contributed by atoms with van der Waals surface area (Å²) in [5.74, 6) is -0.838. The molecule has 0 unspecified atom stereocenters. The number of aryl methyl sites for hydroxylation is 1. The number of carbonyl (C=O) groups excluding carboxylic acids is 2. The zero-order valence-corrected chi connectivity index (χ0v) is 16.7. The normalized spacial score (nSPS) is 11.6. The van der Waals surface area contributed by atoms with E-state index in [-0.39, 0.29) is 12.3 Å². The standard InChI is InChI=1S/C22H22N2O3S/c1-3-16-9-11-18(12-10-16)23-21(26)15(2)27-20(25)13-19-14-28-22(24-19)17-7-5-4-6-8-17/h4-12,14-15H,3,13H2,1-2H3,(H,23,26)/t15-/m0/s1. The number of nitrogens with zero attached hydrogens (tertiary/aromatic N) is 1. The van der Waals surface area contributed by atoms with Crippen LogP contribution in [-0.4, -0.2) is 23.0 Å². The Balaban J connectivity index is 1.52. The molecule has 0 saturated heterocycles. The predicted molar refractivity (Wildman–Crippen MR) is 111 cm³/mol. The highest BCUT2D eigenvalue weighted by Gasteiger charge is 2.19. The predicted octanol–water partition coefficient (Wildman–Crippen LogP) is 4.49. The van der Waals surface area contributed by atoms with E-state index in [1.807, 2.05) is 60.0 Å². The molecule has 1 heterocycles. The van der Waals surface area contributed by atoms with Gasteiger partial charge >= 0.3 is 5.97 Å². The third-order valence-corrected chi connectivity index (χ3v) is 5.15. The summed E-state index contributed by atoms with van der Waals surface area (Å²) in [4.78, 5) is 28.9. The van der Waals surface area contributed by atoms with E-state index in [1.165, 1.54) is 16.9 Å². The van der Waals surface area contributed by atoms with Crippen LogP contribution in [0.4, 0.5) is 5.69 Å². The van der Waals surface area contributed by atoms with E-state index in [0.717, 1.165) is 17.0 Å². The summed E-state index contributed by atoms with van der Waals surface area (Å²) in [6.07, 6.45) is 0.0855. The van der Waals surface area contributed by atoms with Crippen LogP contribution in [0.15, 0.2) is 60.0 Å². The number of amides is 1. The van der Waals surface area contributed by atoms with Crippen molar-refractivity contribution in [3.05, 3.63) is 71.2 Å². The second kappa shape index (κ2) is 9.28. The maximum absolute atomic E-state index is 12.2. The minimum Gasteiger partial charge on any atom is -0.452 e. The first-order valence-corrected chi connectivity index (χ1v) is 10.0. The highest BCUT2D eigenvalue weighted by Crippen LogP contribution is 2.23. The summed E-state index contributed by atoms with van der Waals surface area (Å²) < 4.78 is 5.26. The van der Waals surface area contributed by atoms with Crippen LogP contribution in [-0.2, 0) is 27.2 Å². The van der Waals surface area contributed by atoms with Crippen LogP contribution in [0.5, 0.6) is 0 Å². The monoisotopic (exact) mass is 394 g/mol. The fourth-order valence-electron chi connectivity index (χ4n) is 2.61. The zero-order chi connectivity index (χ0) is 19.9. The van der Waals surface area contributed by atoms with Gasteiger partial charge in [0.05, 0.1) is 12.1 Å². The SMILES string of the molecule is CCc1ccc(NC(=O)[C@H](C)OC(=O)Cc2csc(-c3ccccc3)n2)cc1. The number of benzene rings is 2. The molecule has 2 aromatic carbocycles. The van der Waals surface area contributed by atoms with E-state index in [2.05, 4.69) is 17.2 Å². The fraction of sp³-hybridized carbons (Fsp3) is 0.227. The average molecular weight is 394 g/mol. The number of hydrogen-bond donors (Lipinski definition) is 1. The van der Waals surface area contributed by atoms with E-state index in [4.69, 9.17) is 4.74 Å². The highest BCUT2D eigenvalue weighted by atomic mass is 32.1. The number of hydrogen-bond acceptors (Lipinski definition) is 5. The Bertz CT molecular complexity index is 936. The lowest BCUT2D eigenvalue weighted by molar-refractivity contribution is -0.152. The van der Waals surface area contributed by atoms with Crippen molar-refractivity contribution in [3.8, 4) is 10.6 Å². The van der Waals surface area contributed by atoms with Crippen molar-refractivity contribution < 1.29 is 14.3 Å². The number of esters is 1. The largest absolute Gasteiger partial charge is 0.452 e. The Hall–Kier alpha value is -2.99. The van der Waals surface area contributed by atoms with E-state index in [0.29, 0.717) is 11.4 Å². The molecule has 0 spiro atoms. The lowest BCUT2D eigenvalue weighted by atomic mass is 10.1. The van der Waals surface area contributed by atoms with Gasteiger partial charge in [0.2, 0.25) is 0 Å². The van der Waals surface area contributed by atoms with Crippen LogP contribution >= 0.6 is 11.3 Å². The molecule has 0 aliphatic rings. The van der Waals surface area contributed by atoms with Gasteiger partial charge in [-0.1, -0.05) is 49.4 Å². The van der Waals surface area contributed by atoms with E-state index >= 15 is 0 Å². The van der Waals surface area contributed by atoms with Crippen molar-refractivity contribution in [2.45, 2.75) is 32.8 Å². The number of anilines is 1. The van der Waals surface area contributed by atoms with Crippen molar-refractivity contribution in [1.82, 2.24) is 4.98 Å². The Morgan fingerprint density at radius 2 is 1.82 bits per heavy atom. The van der Waals surface area contributed by atoms with Crippen LogP contribution in [0.3, 0.4) is 0 Å². The molecule has 1 aromatic heterocycles. The van der Waals surface area contributed by atoms with Gasteiger partial charge in [-0.2, -0.15) is 0 Å². The number of nitrogens with one attached hydrogen (secondary N) is 1. The topological polar surface area (TPSA) is 68.3 Å². The molecule has 28 heavy (non-hydrogen) atoms. The molecule has 0 fully saturated rings. The Morgan fingerprint density at radius 3 is 2.50 bits per heavy atom. The smallest absolute Gasteiger partial charge is 0.312 e. The van der Waals surface area contributed by atoms with Crippen molar-refractivity contribution in [2.75, 3.05) is 5.32 Å². The molecule has 0 radical (unpaired) electrons. The zero-order valence-electron chi connectivity index (χ0n) is 15.8. The molecular formula is C22H22N2O3S. The van der Waals surface area contributed by atoms with Crippen LogP contribution in [0, 0.1) is 0 Å². The lowest BCUT2D eigenvalue weighted by Gasteiger charge is -2.13. The summed E-state index contributed by atoms with van der Waals surface area (Å²) in [6.45, 7) is 3.63. The molecule has 0 aliphatic heterocycles. The van der Waals surface area contributed by atoms with Crippen LogP contribution in [0.1, 0.15) is 25.1 Å². The molecule has 144 valence electrons. The average Bonchev–Trinajstić information content (AvgIpc) is 3.17. The van der Waals surface area contributed by atoms with E-state index in [9.17, 15) is 9.59 Å². The van der Waals surface area contributed by atoms with Gasteiger partial charge in [0.25, 0.3) is 5.91 Å². The first kappa shape index (κ1) is 19.8. The maximum atomic E-state index is 12.2. The Labute approximate surface area is 168 Å². The van der Waals surface area contributed by atoms with Crippen molar-refractivity contribution in [1.29, 1.82) is 0 Å². The molecule has 3 aromatic rings. The molecule has 5 nitrogen and oxygen atoms in total. The van der Waals surface area contributed by atoms with Gasteiger partial charge < -0.3 is 10.1 Å². The summed E-state index contributed by atoms with van der Waals surface area (Å²) in [5.41, 5.74) is 3.51. The molecule has 1 amide bonds. The minimum absolute atomic E-state index is 0.0339. The van der Waals surface area contributed by atoms with Gasteiger partial charge in [-0.05, 0) is 31.0 Å². The van der Waals surface area contributed by atoms with Gasteiger partial charge in [0, 0.05) is 16.6 Å². The van der Waals surface area contributed by atoms with Crippen molar-refractivity contribution in [2.24, 2.45) is 0 Å². The second-order valence-corrected chi connectivity index (χ2v) is 7.22. The number of ether oxygens (including phenoxy) is 1. The molecule has 1 N–H and O–H groups in total. The molecule has 3 rings (SSSR count). The van der Waals surface area contributed by atoms with Crippen LogP contribution in [0.2, 0.25) is 0 Å². The Kier molecular flexibility index (Phi) is 6.55. The molecule has 0 aliphatic carbocycles. The van der Waals surface area contributed by atoms with Gasteiger partial charge in [-0.25, -0.2) is 4.98 Å². The first-order valence-electron chi connectivity index (χ1n) is 9.14. The Morgan fingerprint density at radius 1 is 1.11 bits per heavy atom. The summed E-state index contributed by atoms with van der Waals surface area (Å²) in [7, 11) is 0. The minimum atomic E-state index is -0.884. The van der Waals surface area contributed by atoms with Gasteiger partial charge in [0.1, 0.15) is 5.01 Å². The molecular weight excluding hydrogens is 372 g/mol. The highest BCUT2D eigenvalue weighted by molar-refractivity contribution is 7.13. The fourth-order valence-corrected chi connectivity index (χ4v) is 3.44. The number of aromatic nitrogens is 1. The van der Waals surface area contributed by atoms with Gasteiger partial charge in [0.15, 0.2) is 6.10 Å². The summed E-state index contributed by atoms with van der Waals surface area (Å²) >= 11 is 1.48.